The highest BCUT2D eigenvalue weighted by Crippen LogP contribution is 2.29. The number of nitrogens with one attached hydrogen (secondary N) is 1. The summed E-state index contributed by atoms with van der Waals surface area (Å²) in [5.41, 5.74) is 1.06. The number of esters is 1. The van der Waals surface area contributed by atoms with Gasteiger partial charge in [0.25, 0.3) is 0 Å². The van der Waals surface area contributed by atoms with E-state index in [9.17, 15) is 9.59 Å². The van der Waals surface area contributed by atoms with E-state index in [-0.39, 0.29) is 41.8 Å². The average Bonchev–Trinajstić information content (AvgIpc) is 2.77. The van der Waals surface area contributed by atoms with Crippen LogP contribution in [-0.2, 0) is 28.5 Å². The minimum Gasteiger partial charge on any atom is -0.459 e. The second kappa shape index (κ2) is 13.2. The minimum absolute atomic E-state index is 0.0593. The summed E-state index contributed by atoms with van der Waals surface area (Å²) < 4.78 is 22.8. The lowest BCUT2D eigenvalue weighted by molar-refractivity contribution is -0.143. The van der Waals surface area contributed by atoms with Gasteiger partial charge in [-0.25, -0.2) is 0 Å². The van der Waals surface area contributed by atoms with Gasteiger partial charge in [-0.2, -0.15) is 0 Å². The maximum atomic E-state index is 12.3. The molecule has 0 radical (unpaired) electrons. The van der Waals surface area contributed by atoms with E-state index >= 15 is 0 Å². The molecule has 0 spiro atoms. The number of methoxy groups -OCH3 is 1. The van der Waals surface area contributed by atoms with Gasteiger partial charge in [-0.05, 0) is 59.0 Å². The van der Waals surface area contributed by atoms with Crippen LogP contribution in [0.2, 0.25) is 0 Å². The van der Waals surface area contributed by atoms with Crippen molar-refractivity contribution >= 4 is 11.9 Å². The van der Waals surface area contributed by atoms with Crippen LogP contribution in [-0.4, -0.2) is 61.7 Å². The van der Waals surface area contributed by atoms with Gasteiger partial charge in [-0.15, -0.1) is 0 Å². The van der Waals surface area contributed by atoms with Gasteiger partial charge in [0.1, 0.15) is 6.10 Å². The zero-order chi connectivity index (χ0) is 25.3. The van der Waals surface area contributed by atoms with E-state index in [1.165, 1.54) is 18.6 Å². The Kier molecular flexibility index (Phi) is 11.0. The van der Waals surface area contributed by atoms with Crippen LogP contribution in [0.5, 0.6) is 0 Å². The lowest BCUT2D eigenvalue weighted by Gasteiger charge is -2.39. The van der Waals surface area contributed by atoms with Gasteiger partial charge in [0.05, 0.1) is 36.6 Å². The second-order valence-electron chi connectivity index (χ2n) is 9.94. The van der Waals surface area contributed by atoms with Crippen molar-refractivity contribution in [1.82, 2.24) is 5.32 Å². The first-order valence-corrected chi connectivity index (χ1v) is 12.3. The predicted octanol–water partition coefficient (Wildman–Crippen LogP) is 4.27. The standard InChI is InChI=1S/C27H43NO6/c1-18(8-11-23-17-27(6,31-7)14-15-32-23)9-12-25-19(2)16-24(21(4)34-25)28-26(30)13-10-20(3)33-22(5)29/h8-11,13,19-21,23-25H,12,14-17H2,1-7H3,(H,28,30)/b11-8+,13-10-,18-9+/t19?,20-,21+,23+,24+,25-,27-/m0/s1. The first-order chi connectivity index (χ1) is 16.0. The number of amides is 1. The fourth-order valence-electron chi connectivity index (χ4n) is 4.42. The lowest BCUT2D eigenvalue weighted by Crippen LogP contribution is -2.50. The Morgan fingerprint density at radius 1 is 1.24 bits per heavy atom. The number of ether oxygens (including phenoxy) is 4. The summed E-state index contributed by atoms with van der Waals surface area (Å²) in [6.07, 6.45) is 12.5. The van der Waals surface area contributed by atoms with Crippen molar-refractivity contribution in [2.75, 3.05) is 13.7 Å². The normalized spacial score (nSPS) is 33.7. The van der Waals surface area contributed by atoms with E-state index in [0.29, 0.717) is 12.5 Å². The fraction of sp³-hybridized carbons (Fsp3) is 0.704. The second-order valence-corrected chi connectivity index (χ2v) is 9.94. The van der Waals surface area contributed by atoms with Crippen LogP contribution in [0.4, 0.5) is 0 Å². The molecule has 7 atom stereocenters. The van der Waals surface area contributed by atoms with Gasteiger partial charge in [0.15, 0.2) is 0 Å². The fourth-order valence-corrected chi connectivity index (χ4v) is 4.42. The highest BCUT2D eigenvalue weighted by Gasteiger charge is 2.34. The average molecular weight is 478 g/mol. The molecule has 1 unspecified atom stereocenters. The Morgan fingerprint density at radius 2 is 1.97 bits per heavy atom. The van der Waals surface area contributed by atoms with Crippen LogP contribution in [0.25, 0.3) is 0 Å². The topological polar surface area (TPSA) is 83.1 Å². The summed E-state index contributed by atoms with van der Waals surface area (Å²) in [6, 6.07) is -0.0593. The maximum absolute atomic E-state index is 12.3. The molecule has 0 aromatic carbocycles. The lowest BCUT2D eigenvalue weighted by atomic mass is 9.88. The van der Waals surface area contributed by atoms with Crippen LogP contribution >= 0.6 is 0 Å². The third-order valence-corrected chi connectivity index (χ3v) is 6.75. The Hall–Kier alpha value is -1.96. The quantitative estimate of drug-likeness (QED) is 0.303. The van der Waals surface area contributed by atoms with Crippen LogP contribution in [0.1, 0.15) is 67.2 Å². The molecule has 0 aromatic heterocycles. The highest BCUT2D eigenvalue weighted by atomic mass is 16.5. The van der Waals surface area contributed by atoms with E-state index < -0.39 is 6.10 Å². The van der Waals surface area contributed by atoms with Crippen LogP contribution in [0.3, 0.4) is 0 Å². The largest absolute Gasteiger partial charge is 0.459 e. The van der Waals surface area contributed by atoms with Crippen molar-refractivity contribution in [3.05, 3.63) is 36.0 Å². The number of carbonyl (C=O) groups is 2. The molecule has 2 aliphatic rings. The smallest absolute Gasteiger partial charge is 0.303 e. The zero-order valence-corrected chi connectivity index (χ0v) is 21.8. The number of hydrogen-bond acceptors (Lipinski definition) is 6. The van der Waals surface area contributed by atoms with Crippen molar-refractivity contribution in [2.24, 2.45) is 5.92 Å². The zero-order valence-electron chi connectivity index (χ0n) is 21.8. The monoisotopic (exact) mass is 477 g/mol. The molecule has 34 heavy (non-hydrogen) atoms. The third kappa shape index (κ3) is 9.35. The summed E-state index contributed by atoms with van der Waals surface area (Å²) in [5, 5.41) is 3.02. The van der Waals surface area contributed by atoms with Crippen LogP contribution in [0.15, 0.2) is 36.0 Å². The number of carbonyl (C=O) groups excluding carboxylic acids is 2. The molecule has 2 rings (SSSR count). The summed E-state index contributed by atoms with van der Waals surface area (Å²) in [5.74, 6) is -0.272. The summed E-state index contributed by atoms with van der Waals surface area (Å²) in [6.45, 7) is 12.2. The molecule has 0 aliphatic carbocycles. The molecule has 1 amide bonds. The summed E-state index contributed by atoms with van der Waals surface area (Å²) in [4.78, 5) is 23.3. The van der Waals surface area contributed by atoms with Gasteiger partial charge in [-0.1, -0.05) is 30.7 Å². The van der Waals surface area contributed by atoms with Crippen molar-refractivity contribution in [3.63, 3.8) is 0 Å². The van der Waals surface area contributed by atoms with Gasteiger partial charge >= 0.3 is 5.97 Å². The highest BCUT2D eigenvalue weighted by molar-refractivity contribution is 5.87. The van der Waals surface area contributed by atoms with Crippen molar-refractivity contribution < 1.29 is 28.5 Å². The van der Waals surface area contributed by atoms with E-state index in [1.54, 1.807) is 20.1 Å². The van der Waals surface area contributed by atoms with Gasteiger partial charge in [0.2, 0.25) is 5.91 Å². The molecule has 0 aromatic rings. The predicted molar refractivity (Wildman–Crippen MR) is 132 cm³/mol. The SMILES string of the molecule is CO[C@@]1(C)CCO[C@H](/C=C/C(C)=C/C[C@@H]2O[C@H](C)[C@H](NC(=O)/C=C\[C@H](C)OC(C)=O)CC2C)C1. The molecule has 2 saturated heterocycles. The first kappa shape index (κ1) is 28.3. The number of rotatable bonds is 9. The van der Waals surface area contributed by atoms with E-state index in [0.717, 1.165) is 25.7 Å². The number of hydrogen-bond donors (Lipinski definition) is 1. The van der Waals surface area contributed by atoms with E-state index in [4.69, 9.17) is 18.9 Å². The molecule has 2 aliphatic heterocycles. The Labute approximate surface area is 204 Å². The molecular weight excluding hydrogens is 434 g/mol. The van der Waals surface area contributed by atoms with Crippen LogP contribution in [0, 0.1) is 5.92 Å². The molecule has 0 saturated carbocycles. The summed E-state index contributed by atoms with van der Waals surface area (Å²) >= 11 is 0. The van der Waals surface area contributed by atoms with Gasteiger partial charge < -0.3 is 24.3 Å². The molecular formula is C27H43NO6. The molecule has 2 heterocycles. The van der Waals surface area contributed by atoms with Crippen molar-refractivity contribution in [3.8, 4) is 0 Å². The van der Waals surface area contributed by atoms with Gasteiger partial charge in [0, 0.05) is 26.5 Å². The minimum atomic E-state index is -0.440. The first-order valence-electron chi connectivity index (χ1n) is 12.3. The van der Waals surface area contributed by atoms with Crippen LogP contribution < -0.4 is 5.32 Å². The van der Waals surface area contributed by atoms with E-state index in [1.807, 2.05) is 6.92 Å². The Balaban J connectivity index is 1.82. The number of allylic oxidation sites excluding steroid dienone is 2. The maximum Gasteiger partial charge on any atom is 0.303 e. The molecule has 7 heteroatoms. The van der Waals surface area contributed by atoms with Crippen molar-refractivity contribution in [2.45, 2.75) is 103 Å². The molecule has 0 bridgehead atoms. The summed E-state index contributed by atoms with van der Waals surface area (Å²) in [7, 11) is 1.77. The van der Waals surface area contributed by atoms with E-state index in [2.05, 4.69) is 44.3 Å². The molecule has 192 valence electrons. The molecule has 7 nitrogen and oxygen atoms in total. The molecule has 1 N–H and O–H groups in total. The Morgan fingerprint density at radius 3 is 2.65 bits per heavy atom. The van der Waals surface area contributed by atoms with Gasteiger partial charge in [-0.3, -0.25) is 9.59 Å². The Bertz CT molecular complexity index is 775. The van der Waals surface area contributed by atoms with Crippen molar-refractivity contribution in [1.29, 1.82) is 0 Å². The molecule has 2 fully saturated rings. The third-order valence-electron chi connectivity index (χ3n) is 6.75.